The third-order valence-corrected chi connectivity index (χ3v) is 5.24. The van der Waals surface area contributed by atoms with Gasteiger partial charge in [-0.2, -0.15) is 21.6 Å². The first-order valence-electron chi connectivity index (χ1n) is 9.18. The molecule has 0 bridgehead atoms. The Hall–Kier alpha value is -2.83. The van der Waals surface area contributed by atoms with Gasteiger partial charge in [-0.3, -0.25) is 9.59 Å². The van der Waals surface area contributed by atoms with Crippen molar-refractivity contribution in [3.63, 3.8) is 0 Å². The van der Waals surface area contributed by atoms with E-state index in [1.165, 1.54) is 6.07 Å². The summed E-state index contributed by atoms with van der Waals surface area (Å²) in [5, 5.41) is 0. The molecule has 0 saturated carbocycles. The van der Waals surface area contributed by atoms with Gasteiger partial charge in [-0.1, -0.05) is 6.07 Å². The van der Waals surface area contributed by atoms with Crippen LogP contribution in [0.3, 0.4) is 0 Å². The van der Waals surface area contributed by atoms with Gasteiger partial charge in [0, 0.05) is 18.5 Å². The zero-order valence-corrected chi connectivity index (χ0v) is 17.4. The molecule has 1 heterocycles. The van der Waals surface area contributed by atoms with Crippen LogP contribution in [0.2, 0.25) is 0 Å². The fourth-order valence-electron chi connectivity index (χ4n) is 2.91. The number of amides is 1. The molecule has 0 N–H and O–H groups in total. The second-order valence-electron chi connectivity index (χ2n) is 6.35. The van der Waals surface area contributed by atoms with Gasteiger partial charge in [-0.15, -0.1) is 0 Å². The number of halogens is 3. The Morgan fingerprint density at radius 1 is 1.16 bits per heavy atom. The number of hydrogen-bond acceptors (Lipinski definition) is 8. The molecular formula is C18H20F3NO8S. The normalized spacial score (nSPS) is 14.7. The van der Waals surface area contributed by atoms with Crippen molar-refractivity contribution in [3.05, 3.63) is 29.3 Å². The Balaban J connectivity index is 2.25. The minimum Gasteiger partial charge on any atom is -0.466 e. The Morgan fingerprint density at radius 2 is 1.81 bits per heavy atom. The van der Waals surface area contributed by atoms with Crippen molar-refractivity contribution in [1.82, 2.24) is 4.90 Å². The number of alkyl halides is 3. The molecule has 0 saturated heterocycles. The van der Waals surface area contributed by atoms with Crippen LogP contribution in [0.5, 0.6) is 5.75 Å². The van der Waals surface area contributed by atoms with Crippen LogP contribution in [-0.2, 0) is 35.7 Å². The molecule has 31 heavy (non-hydrogen) atoms. The lowest BCUT2D eigenvalue weighted by atomic mass is 10.1. The van der Waals surface area contributed by atoms with Crippen molar-refractivity contribution in [2.24, 2.45) is 0 Å². The number of benzene rings is 1. The molecule has 13 heteroatoms. The molecule has 172 valence electrons. The van der Waals surface area contributed by atoms with E-state index in [2.05, 4.69) is 4.18 Å². The fraction of sp³-hybridized carbons (Fsp3) is 0.500. The summed E-state index contributed by atoms with van der Waals surface area (Å²) in [7, 11) is -5.91. The summed E-state index contributed by atoms with van der Waals surface area (Å²) in [6, 6.07) is 1.90. The van der Waals surface area contributed by atoms with Crippen molar-refractivity contribution in [2.45, 2.75) is 44.8 Å². The van der Waals surface area contributed by atoms with Crippen LogP contribution >= 0.6 is 0 Å². The minimum absolute atomic E-state index is 0.0248. The minimum atomic E-state index is -5.91. The van der Waals surface area contributed by atoms with Gasteiger partial charge in [-0.25, -0.2) is 4.79 Å². The third kappa shape index (κ3) is 5.66. The lowest BCUT2D eigenvalue weighted by Gasteiger charge is -2.25. The predicted molar refractivity (Wildman–Crippen MR) is 98.2 cm³/mol. The Morgan fingerprint density at radius 3 is 2.39 bits per heavy atom. The predicted octanol–water partition coefficient (Wildman–Crippen LogP) is 2.15. The largest absolute Gasteiger partial charge is 0.534 e. The summed E-state index contributed by atoms with van der Waals surface area (Å²) in [6.07, 6.45) is -0.265. The van der Waals surface area contributed by atoms with Gasteiger partial charge < -0.3 is 18.6 Å². The van der Waals surface area contributed by atoms with Crippen molar-refractivity contribution >= 4 is 28.0 Å². The van der Waals surface area contributed by atoms with E-state index in [9.17, 15) is 36.0 Å². The first-order valence-corrected chi connectivity index (χ1v) is 10.6. The summed E-state index contributed by atoms with van der Waals surface area (Å²) < 4.78 is 73.8. The van der Waals surface area contributed by atoms with Gasteiger partial charge in [-0.05, 0) is 38.0 Å². The number of carbonyl (C=O) groups is 3. The average Bonchev–Trinajstić information content (AvgIpc) is 2.97. The molecule has 1 aliphatic heterocycles. The van der Waals surface area contributed by atoms with Crippen molar-refractivity contribution in [1.29, 1.82) is 0 Å². The van der Waals surface area contributed by atoms with E-state index < -0.39 is 45.3 Å². The molecule has 1 aromatic carbocycles. The van der Waals surface area contributed by atoms with E-state index in [-0.39, 0.29) is 38.2 Å². The van der Waals surface area contributed by atoms with Gasteiger partial charge in [0.25, 0.3) is 5.91 Å². The van der Waals surface area contributed by atoms with Gasteiger partial charge in [0.1, 0.15) is 11.8 Å². The number of fused-ring (bicyclic) bond motifs is 1. The molecule has 9 nitrogen and oxygen atoms in total. The molecule has 0 radical (unpaired) electrons. The maximum Gasteiger partial charge on any atom is 0.534 e. The summed E-state index contributed by atoms with van der Waals surface area (Å²) >= 11 is 0. The number of nitrogens with zero attached hydrogens (tertiary/aromatic N) is 1. The van der Waals surface area contributed by atoms with E-state index in [0.717, 1.165) is 17.0 Å². The molecule has 0 unspecified atom stereocenters. The lowest BCUT2D eigenvalue weighted by molar-refractivity contribution is -0.150. The van der Waals surface area contributed by atoms with Crippen LogP contribution in [0.15, 0.2) is 18.2 Å². The number of carbonyl (C=O) groups excluding carboxylic acids is 3. The summed E-state index contributed by atoms with van der Waals surface area (Å²) in [5.74, 6) is -2.78. The highest BCUT2D eigenvalue weighted by molar-refractivity contribution is 7.88. The standard InChI is InChI=1S/C18H20F3NO8S/c1-3-28-15(23)8-7-14(17(25)29-4-2)22-10-11-5-6-12(9-13(11)16(22)24)30-31(26,27)18(19,20)21/h5-6,9,14H,3-4,7-8,10H2,1-2H3/t14-/m0/s1. The van der Waals surface area contributed by atoms with Crippen LogP contribution in [0.1, 0.15) is 42.6 Å². The number of hydrogen-bond donors (Lipinski definition) is 0. The smallest absolute Gasteiger partial charge is 0.466 e. The topological polar surface area (TPSA) is 116 Å². The van der Waals surface area contributed by atoms with Crippen molar-refractivity contribution < 1.29 is 49.6 Å². The summed E-state index contributed by atoms with van der Waals surface area (Å²) in [5.41, 5.74) is -5.42. The molecule has 1 aliphatic rings. The van der Waals surface area contributed by atoms with Crippen LogP contribution < -0.4 is 4.18 Å². The molecule has 1 atom stereocenters. The number of rotatable bonds is 9. The van der Waals surface area contributed by atoms with E-state index in [1.807, 2.05) is 0 Å². The molecule has 0 spiro atoms. The zero-order valence-electron chi connectivity index (χ0n) is 16.6. The fourth-order valence-corrected chi connectivity index (χ4v) is 3.36. The van der Waals surface area contributed by atoms with Gasteiger partial charge in [0.2, 0.25) is 0 Å². The highest BCUT2D eigenvalue weighted by Gasteiger charge is 2.48. The molecular weight excluding hydrogens is 447 g/mol. The maximum absolute atomic E-state index is 12.8. The van der Waals surface area contributed by atoms with Gasteiger partial charge in [0.05, 0.1) is 13.2 Å². The quantitative estimate of drug-likeness (QED) is 0.308. The Labute approximate surface area is 176 Å². The maximum atomic E-state index is 12.8. The third-order valence-electron chi connectivity index (χ3n) is 4.26. The molecule has 1 amide bonds. The Bertz CT molecular complexity index is 961. The summed E-state index contributed by atoms with van der Waals surface area (Å²) in [6.45, 7) is 3.25. The lowest BCUT2D eigenvalue weighted by Crippen LogP contribution is -2.42. The molecule has 1 aromatic rings. The van der Waals surface area contributed by atoms with E-state index in [4.69, 9.17) is 9.47 Å². The summed E-state index contributed by atoms with van der Waals surface area (Å²) in [4.78, 5) is 37.9. The number of ether oxygens (including phenoxy) is 2. The van der Waals surface area contributed by atoms with Crippen LogP contribution in [0.4, 0.5) is 13.2 Å². The van der Waals surface area contributed by atoms with Crippen LogP contribution in [-0.4, -0.2) is 55.9 Å². The molecule has 0 aliphatic carbocycles. The first kappa shape index (κ1) is 24.4. The van der Waals surface area contributed by atoms with Crippen molar-refractivity contribution in [3.8, 4) is 5.75 Å². The van der Waals surface area contributed by atoms with Crippen molar-refractivity contribution in [2.75, 3.05) is 13.2 Å². The van der Waals surface area contributed by atoms with Gasteiger partial charge in [0.15, 0.2) is 0 Å². The van der Waals surface area contributed by atoms with Gasteiger partial charge >= 0.3 is 27.6 Å². The Kier molecular flexibility index (Phi) is 7.52. The zero-order chi connectivity index (χ0) is 23.4. The average molecular weight is 467 g/mol. The van der Waals surface area contributed by atoms with E-state index >= 15 is 0 Å². The number of esters is 2. The second-order valence-corrected chi connectivity index (χ2v) is 7.88. The monoisotopic (exact) mass is 467 g/mol. The van der Waals surface area contributed by atoms with E-state index in [1.54, 1.807) is 13.8 Å². The first-order chi connectivity index (χ1) is 14.4. The second kappa shape index (κ2) is 9.54. The van der Waals surface area contributed by atoms with E-state index in [0.29, 0.717) is 5.56 Å². The molecule has 2 rings (SSSR count). The highest BCUT2D eigenvalue weighted by Crippen LogP contribution is 2.32. The SMILES string of the molecule is CCOC(=O)CC[C@@H](C(=O)OCC)N1Cc2ccc(OS(=O)(=O)C(F)(F)F)cc2C1=O. The highest BCUT2D eigenvalue weighted by atomic mass is 32.2. The molecule has 0 aromatic heterocycles. The van der Waals surface area contributed by atoms with Crippen LogP contribution in [0.25, 0.3) is 0 Å². The van der Waals surface area contributed by atoms with Crippen LogP contribution in [0, 0.1) is 0 Å². The molecule has 0 fully saturated rings.